The van der Waals surface area contributed by atoms with Crippen LogP contribution in [0.15, 0.2) is 35.3 Å². The summed E-state index contributed by atoms with van der Waals surface area (Å²) in [4.78, 5) is 29.4. The molecule has 2 N–H and O–H groups in total. The van der Waals surface area contributed by atoms with Gasteiger partial charge in [0.25, 0.3) is 11.5 Å². The van der Waals surface area contributed by atoms with E-state index in [1.807, 2.05) is 0 Å². The maximum atomic E-state index is 12.5. The molecule has 7 heteroatoms. The van der Waals surface area contributed by atoms with E-state index in [1.165, 1.54) is 10.7 Å². The number of hydrogen-bond donors (Lipinski definition) is 2. The van der Waals surface area contributed by atoms with Crippen molar-refractivity contribution in [2.24, 2.45) is 0 Å². The number of aromatic amines is 1. The van der Waals surface area contributed by atoms with Gasteiger partial charge in [0.2, 0.25) is 0 Å². The summed E-state index contributed by atoms with van der Waals surface area (Å²) in [5, 5.41) is 6.20. The zero-order valence-electron chi connectivity index (χ0n) is 12.1. The number of H-pyrrole nitrogens is 1. The molecule has 0 fully saturated rings. The van der Waals surface area contributed by atoms with Crippen LogP contribution in [-0.2, 0) is 12.8 Å². The second kappa shape index (κ2) is 5.24. The van der Waals surface area contributed by atoms with E-state index in [1.54, 1.807) is 24.3 Å². The quantitative estimate of drug-likeness (QED) is 0.758. The molecular formula is C16H13ClN4O2. The number of hydrogen-bond acceptors (Lipinski definition) is 3. The lowest BCUT2D eigenvalue weighted by atomic mass is 10.2. The smallest absolute Gasteiger partial charge is 0.276 e. The molecule has 1 aliphatic rings. The summed E-state index contributed by atoms with van der Waals surface area (Å²) < 4.78 is 1.33. The van der Waals surface area contributed by atoms with Gasteiger partial charge in [-0.2, -0.15) is 0 Å². The Morgan fingerprint density at radius 1 is 1.26 bits per heavy atom. The van der Waals surface area contributed by atoms with Gasteiger partial charge in [0.15, 0.2) is 5.65 Å². The molecule has 3 aromatic rings. The van der Waals surface area contributed by atoms with E-state index in [2.05, 4.69) is 15.4 Å². The SMILES string of the molecule is O=C(Nc1ccc(Cl)cc1)c1c[nH]n2c(=O)c3c(nc12)CCC3. The van der Waals surface area contributed by atoms with E-state index in [-0.39, 0.29) is 11.5 Å². The van der Waals surface area contributed by atoms with Gasteiger partial charge in [0, 0.05) is 22.5 Å². The molecule has 0 radical (unpaired) electrons. The second-order valence-corrected chi connectivity index (χ2v) is 5.94. The normalized spacial score (nSPS) is 13.3. The van der Waals surface area contributed by atoms with Gasteiger partial charge in [-0.05, 0) is 43.5 Å². The van der Waals surface area contributed by atoms with Crippen molar-refractivity contribution in [3.63, 3.8) is 0 Å². The Labute approximate surface area is 136 Å². The maximum Gasteiger partial charge on any atom is 0.276 e. The van der Waals surface area contributed by atoms with E-state index in [0.29, 0.717) is 21.9 Å². The monoisotopic (exact) mass is 328 g/mol. The number of amides is 1. The number of aromatic nitrogens is 3. The van der Waals surface area contributed by atoms with Gasteiger partial charge in [-0.3, -0.25) is 14.7 Å². The molecule has 1 amide bonds. The van der Waals surface area contributed by atoms with Crippen LogP contribution in [0.5, 0.6) is 0 Å². The number of carbonyl (C=O) groups excluding carboxylic acids is 1. The number of halogens is 1. The molecule has 116 valence electrons. The fourth-order valence-electron chi connectivity index (χ4n) is 2.88. The van der Waals surface area contributed by atoms with Crippen LogP contribution in [0.3, 0.4) is 0 Å². The summed E-state index contributed by atoms with van der Waals surface area (Å²) in [5.74, 6) is -0.323. The molecule has 0 saturated carbocycles. The van der Waals surface area contributed by atoms with Gasteiger partial charge in [0.1, 0.15) is 5.56 Å². The summed E-state index contributed by atoms with van der Waals surface area (Å²) in [6.07, 6.45) is 3.96. The van der Waals surface area contributed by atoms with Crippen LogP contribution in [-0.4, -0.2) is 20.5 Å². The van der Waals surface area contributed by atoms with Crippen molar-refractivity contribution in [1.82, 2.24) is 14.6 Å². The van der Waals surface area contributed by atoms with E-state index < -0.39 is 0 Å². The molecule has 0 saturated heterocycles. The molecule has 2 heterocycles. The molecule has 0 unspecified atom stereocenters. The molecule has 0 bridgehead atoms. The Balaban J connectivity index is 1.74. The molecule has 2 aromatic heterocycles. The zero-order chi connectivity index (χ0) is 16.0. The summed E-state index contributed by atoms with van der Waals surface area (Å²) in [7, 11) is 0. The van der Waals surface area contributed by atoms with Crippen molar-refractivity contribution in [2.45, 2.75) is 19.3 Å². The largest absolute Gasteiger partial charge is 0.322 e. The van der Waals surface area contributed by atoms with Crippen molar-refractivity contribution in [1.29, 1.82) is 0 Å². The minimum Gasteiger partial charge on any atom is -0.322 e. The Bertz CT molecular complexity index is 972. The summed E-state index contributed by atoms with van der Waals surface area (Å²) in [6.45, 7) is 0. The van der Waals surface area contributed by atoms with Crippen LogP contribution >= 0.6 is 11.6 Å². The first-order chi connectivity index (χ1) is 11.1. The Kier molecular flexibility index (Phi) is 3.20. The minimum atomic E-state index is -0.323. The van der Waals surface area contributed by atoms with Gasteiger partial charge >= 0.3 is 0 Å². The topological polar surface area (TPSA) is 79.3 Å². The third-order valence-electron chi connectivity index (χ3n) is 4.03. The van der Waals surface area contributed by atoms with Crippen LogP contribution in [0.2, 0.25) is 5.02 Å². The maximum absolute atomic E-state index is 12.5. The van der Waals surface area contributed by atoms with Crippen LogP contribution < -0.4 is 10.9 Å². The van der Waals surface area contributed by atoms with Crippen LogP contribution in [0.1, 0.15) is 28.0 Å². The van der Waals surface area contributed by atoms with E-state index >= 15 is 0 Å². The number of aryl methyl sites for hydroxylation is 1. The molecule has 4 rings (SSSR count). The fraction of sp³-hybridized carbons (Fsp3) is 0.188. The standard InChI is InChI=1S/C16H13ClN4O2/c17-9-4-6-10(7-5-9)19-15(22)12-8-18-21-14(12)20-13-3-1-2-11(13)16(21)23/h4-8,18H,1-3H2,(H,19,22). The van der Waals surface area contributed by atoms with Crippen molar-refractivity contribution in [3.05, 3.63) is 62.7 Å². The summed E-state index contributed by atoms with van der Waals surface area (Å²) in [5.41, 5.74) is 2.76. The minimum absolute atomic E-state index is 0.118. The highest BCUT2D eigenvalue weighted by Gasteiger charge is 2.22. The number of nitrogens with zero attached hydrogens (tertiary/aromatic N) is 2. The van der Waals surface area contributed by atoms with Crippen molar-refractivity contribution in [3.8, 4) is 0 Å². The van der Waals surface area contributed by atoms with Gasteiger partial charge in [0.05, 0.1) is 5.69 Å². The van der Waals surface area contributed by atoms with Crippen molar-refractivity contribution in [2.75, 3.05) is 5.32 Å². The third kappa shape index (κ3) is 2.31. The second-order valence-electron chi connectivity index (χ2n) is 5.50. The number of fused-ring (bicyclic) bond motifs is 2. The first kappa shape index (κ1) is 14.0. The van der Waals surface area contributed by atoms with Crippen LogP contribution in [0.25, 0.3) is 5.65 Å². The molecule has 23 heavy (non-hydrogen) atoms. The van der Waals surface area contributed by atoms with Gasteiger partial charge < -0.3 is 5.32 Å². The molecular weight excluding hydrogens is 316 g/mol. The molecule has 6 nitrogen and oxygen atoms in total. The summed E-state index contributed by atoms with van der Waals surface area (Å²) >= 11 is 5.83. The van der Waals surface area contributed by atoms with E-state index in [4.69, 9.17) is 11.6 Å². The zero-order valence-corrected chi connectivity index (χ0v) is 12.9. The Morgan fingerprint density at radius 2 is 2.04 bits per heavy atom. The lowest BCUT2D eigenvalue weighted by Gasteiger charge is -2.04. The number of benzene rings is 1. The molecule has 0 atom stereocenters. The average molecular weight is 329 g/mol. The fourth-order valence-corrected chi connectivity index (χ4v) is 3.01. The van der Waals surface area contributed by atoms with Gasteiger partial charge in [-0.15, -0.1) is 0 Å². The highest BCUT2D eigenvalue weighted by Crippen LogP contribution is 2.19. The Morgan fingerprint density at radius 3 is 2.83 bits per heavy atom. The van der Waals surface area contributed by atoms with E-state index in [9.17, 15) is 9.59 Å². The lowest BCUT2D eigenvalue weighted by molar-refractivity contribution is 0.102. The van der Waals surface area contributed by atoms with Crippen molar-refractivity contribution < 1.29 is 4.79 Å². The number of carbonyl (C=O) groups is 1. The molecule has 0 spiro atoms. The van der Waals surface area contributed by atoms with Gasteiger partial charge in [-0.1, -0.05) is 11.6 Å². The van der Waals surface area contributed by atoms with Gasteiger partial charge in [-0.25, -0.2) is 9.50 Å². The number of rotatable bonds is 2. The Hall–Kier alpha value is -2.60. The average Bonchev–Trinajstić information content (AvgIpc) is 3.17. The van der Waals surface area contributed by atoms with Crippen LogP contribution in [0, 0.1) is 0 Å². The predicted molar refractivity (Wildman–Crippen MR) is 87.2 cm³/mol. The molecule has 1 aromatic carbocycles. The van der Waals surface area contributed by atoms with Crippen LogP contribution in [0.4, 0.5) is 5.69 Å². The molecule has 0 aliphatic heterocycles. The lowest BCUT2D eigenvalue weighted by Crippen LogP contribution is -2.21. The predicted octanol–water partition coefficient (Wildman–Crippen LogP) is 2.42. The number of nitrogens with one attached hydrogen (secondary N) is 2. The number of anilines is 1. The van der Waals surface area contributed by atoms with Crippen molar-refractivity contribution >= 4 is 28.8 Å². The highest BCUT2D eigenvalue weighted by molar-refractivity contribution is 6.30. The third-order valence-corrected chi connectivity index (χ3v) is 4.28. The first-order valence-electron chi connectivity index (χ1n) is 7.32. The van der Waals surface area contributed by atoms with E-state index in [0.717, 1.165) is 30.5 Å². The highest BCUT2D eigenvalue weighted by atomic mass is 35.5. The first-order valence-corrected chi connectivity index (χ1v) is 7.70. The summed E-state index contributed by atoms with van der Waals surface area (Å²) in [6, 6.07) is 6.82. The molecule has 1 aliphatic carbocycles.